The molecule has 0 radical (unpaired) electrons. The number of carbonyl (C=O) groups excluding carboxylic acids is 1. The Kier molecular flexibility index (Phi) is 8.06. The van der Waals surface area contributed by atoms with Gasteiger partial charge in [0.2, 0.25) is 5.91 Å². The molecule has 0 bridgehead atoms. The van der Waals surface area contributed by atoms with Crippen LogP contribution in [0.3, 0.4) is 0 Å². The van der Waals surface area contributed by atoms with Gasteiger partial charge in [0.15, 0.2) is 11.5 Å². The summed E-state index contributed by atoms with van der Waals surface area (Å²) in [5, 5.41) is 0. The van der Waals surface area contributed by atoms with E-state index < -0.39 is 0 Å². The Hall–Kier alpha value is -1.75. The molecule has 1 aromatic carbocycles. The van der Waals surface area contributed by atoms with Crippen LogP contribution in [0.25, 0.3) is 0 Å². The van der Waals surface area contributed by atoms with Crippen LogP contribution in [0, 0.1) is 0 Å². The van der Waals surface area contributed by atoms with E-state index in [9.17, 15) is 4.79 Å². The first-order valence-corrected chi connectivity index (χ1v) is 9.19. The van der Waals surface area contributed by atoms with E-state index in [2.05, 4.69) is 11.0 Å². The van der Waals surface area contributed by atoms with Crippen molar-refractivity contribution in [3.05, 3.63) is 23.8 Å². The lowest BCUT2D eigenvalue weighted by Crippen LogP contribution is -2.44. The van der Waals surface area contributed by atoms with Gasteiger partial charge in [-0.3, -0.25) is 4.79 Å². The summed E-state index contributed by atoms with van der Waals surface area (Å²) in [7, 11) is 4.98. The molecule has 25 heavy (non-hydrogen) atoms. The average molecular weight is 349 g/mol. The number of amides is 1. The van der Waals surface area contributed by atoms with Crippen LogP contribution in [0.2, 0.25) is 0 Å². The minimum atomic E-state index is 0.272. The summed E-state index contributed by atoms with van der Waals surface area (Å²) in [6, 6.07) is 6.40. The van der Waals surface area contributed by atoms with E-state index in [1.807, 2.05) is 12.1 Å². The zero-order valence-corrected chi connectivity index (χ0v) is 15.8. The molecule has 0 N–H and O–H groups in total. The Morgan fingerprint density at radius 1 is 1.16 bits per heavy atom. The Labute approximate surface area is 151 Å². The molecule has 0 aromatic heterocycles. The normalized spacial score (nSPS) is 17.4. The van der Waals surface area contributed by atoms with Crippen LogP contribution in [0.5, 0.6) is 11.5 Å². The lowest BCUT2D eigenvalue weighted by atomic mass is 9.95. The number of hydrogen-bond acceptors (Lipinski definition) is 4. The van der Waals surface area contributed by atoms with Gasteiger partial charge in [-0.1, -0.05) is 6.07 Å². The topological polar surface area (TPSA) is 48.0 Å². The fraction of sp³-hybridized carbons (Fsp3) is 0.650. The van der Waals surface area contributed by atoms with Crippen molar-refractivity contribution in [2.45, 2.75) is 51.0 Å². The van der Waals surface area contributed by atoms with Crippen LogP contribution in [0.15, 0.2) is 18.2 Å². The number of benzene rings is 1. The molecule has 1 aliphatic rings. The largest absolute Gasteiger partial charge is 0.493 e. The molecule has 1 saturated heterocycles. The molecule has 1 amide bonds. The average Bonchev–Trinajstić information content (AvgIpc) is 2.66. The smallest absolute Gasteiger partial charge is 0.222 e. The number of carbonyl (C=O) groups is 1. The van der Waals surface area contributed by atoms with Crippen molar-refractivity contribution < 1.29 is 19.0 Å². The second kappa shape index (κ2) is 10.3. The summed E-state index contributed by atoms with van der Waals surface area (Å²) >= 11 is 0. The summed E-state index contributed by atoms with van der Waals surface area (Å²) in [5.41, 5.74) is 1.22. The summed E-state index contributed by atoms with van der Waals surface area (Å²) in [6.45, 7) is 1.54. The van der Waals surface area contributed by atoms with E-state index in [0.717, 1.165) is 50.1 Å². The van der Waals surface area contributed by atoms with Gasteiger partial charge in [0.1, 0.15) is 0 Å². The zero-order valence-electron chi connectivity index (χ0n) is 15.8. The van der Waals surface area contributed by atoms with Crippen molar-refractivity contribution in [2.24, 2.45) is 0 Å². The molecule has 5 nitrogen and oxygen atoms in total. The molecule has 2 rings (SSSR count). The molecule has 1 aromatic rings. The number of likely N-dealkylation sites (tertiary alicyclic amines) is 1. The highest BCUT2D eigenvalue weighted by molar-refractivity contribution is 5.76. The van der Waals surface area contributed by atoms with Gasteiger partial charge in [0.05, 0.1) is 14.2 Å². The molecule has 1 unspecified atom stereocenters. The highest BCUT2D eigenvalue weighted by Crippen LogP contribution is 2.29. The summed E-state index contributed by atoms with van der Waals surface area (Å²) < 4.78 is 15.7. The Morgan fingerprint density at radius 2 is 1.96 bits per heavy atom. The Balaban J connectivity index is 1.93. The molecule has 0 saturated carbocycles. The van der Waals surface area contributed by atoms with Crippen LogP contribution in [0.4, 0.5) is 0 Å². The highest BCUT2D eigenvalue weighted by Gasteiger charge is 2.26. The number of nitrogens with zero attached hydrogens (tertiary/aromatic N) is 1. The zero-order chi connectivity index (χ0) is 18.1. The van der Waals surface area contributed by atoms with Crippen LogP contribution >= 0.6 is 0 Å². The third-order valence-electron chi connectivity index (χ3n) is 4.90. The third-order valence-corrected chi connectivity index (χ3v) is 4.90. The molecule has 1 aliphatic heterocycles. The van der Waals surface area contributed by atoms with E-state index in [4.69, 9.17) is 14.2 Å². The standard InChI is InChI=1S/C20H31NO4/c1-23-14-6-8-20(22)21-13-5-4-7-17(21)11-9-16-10-12-18(24-2)19(15-16)25-3/h10,12,15,17H,4-9,11,13-14H2,1-3H3. The number of piperidine rings is 1. The van der Waals surface area contributed by atoms with Gasteiger partial charge in [0.25, 0.3) is 0 Å². The van der Waals surface area contributed by atoms with Crippen molar-refractivity contribution in [1.29, 1.82) is 0 Å². The molecule has 0 aliphatic carbocycles. The van der Waals surface area contributed by atoms with Crippen molar-refractivity contribution in [3.8, 4) is 11.5 Å². The van der Waals surface area contributed by atoms with Crippen molar-refractivity contribution in [1.82, 2.24) is 4.90 Å². The number of aryl methyl sites for hydroxylation is 1. The maximum atomic E-state index is 12.5. The van der Waals surface area contributed by atoms with E-state index >= 15 is 0 Å². The minimum Gasteiger partial charge on any atom is -0.493 e. The SMILES string of the molecule is COCCCC(=O)N1CCCCC1CCc1ccc(OC)c(OC)c1. The lowest BCUT2D eigenvalue weighted by Gasteiger charge is -2.36. The number of ether oxygens (including phenoxy) is 3. The Bertz CT molecular complexity index is 546. The summed E-state index contributed by atoms with van der Waals surface area (Å²) in [5.74, 6) is 1.78. The van der Waals surface area contributed by atoms with Crippen LogP contribution < -0.4 is 9.47 Å². The number of methoxy groups -OCH3 is 3. The van der Waals surface area contributed by atoms with Gasteiger partial charge < -0.3 is 19.1 Å². The molecular weight excluding hydrogens is 318 g/mol. The maximum Gasteiger partial charge on any atom is 0.222 e. The minimum absolute atomic E-state index is 0.272. The summed E-state index contributed by atoms with van der Waals surface area (Å²) in [6.07, 6.45) is 6.73. The van der Waals surface area contributed by atoms with E-state index in [0.29, 0.717) is 19.1 Å². The Morgan fingerprint density at radius 3 is 2.68 bits per heavy atom. The molecular formula is C20H31NO4. The van der Waals surface area contributed by atoms with Crippen molar-refractivity contribution in [2.75, 3.05) is 34.5 Å². The number of hydrogen-bond donors (Lipinski definition) is 0. The predicted molar refractivity (Wildman–Crippen MR) is 98.3 cm³/mol. The van der Waals surface area contributed by atoms with Crippen LogP contribution in [-0.2, 0) is 16.0 Å². The summed E-state index contributed by atoms with van der Waals surface area (Å²) in [4.78, 5) is 14.6. The van der Waals surface area contributed by atoms with Crippen LogP contribution in [0.1, 0.15) is 44.1 Å². The molecule has 0 spiro atoms. The van der Waals surface area contributed by atoms with E-state index in [1.165, 1.54) is 12.0 Å². The second-order valence-corrected chi connectivity index (χ2v) is 6.56. The fourth-order valence-corrected chi connectivity index (χ4v) is 3.51. The highest BCUT2D eigenvalue weighted by atomic mass is 16.5. The van der Waals surface area contributed by atoms with E-state index in [1.54, 1.807) is 21.3 Å². The van der Waals surface area contributed by atoms with Crippen molar-refractivity contribution in [3.63, 3.8) is 0 Å². The first kappa shape index (κ1) is 19.6. The molecule has 1 atom stereocenters. The fourth-order valence-electron chi connectivity index (χ4n) is 3.51. The predicted octanol–water partition coefficient (Wildman–Crippen LogP) is 3.44. The van der Waals surface area contributed by atoms with Crippen molar-refractivity contribution >= 4 is 5.91 Å². The van der Waals surface area contributed by atoms with Gasteiger partial charge in [-0.2, -0.15) is 0 Å². The van der Waals surface area contributed by atoms with Gasteiger partial charge in [0, 0.05) is 32.7 Å². The van der Waals surface area contributed by atoms with E-state index in [-0.39, 0.29) is 5.91 Å². The lowest BCUT2D eigenvalue weighted by molar-refractivity contribution is -0.135. The molecule has 1 fully saturated rings. The first-order chi connectivity index (χ1) is 12.2. The van der Waals surface area contributed by atoms with Gasteiger partial charge in [-0.05, 0) is 56.2 Å². The third kappa shape index (κ3) is 5.63. The molecule has 140 valence electrons. The van der Waals surface area contributed by atoms with Crippen LogP contribution in [-0.4, -0.2) is 51.3 Å². The first-order valence-electron chi connectivity index (χ1n) is 9.19. The molecule has 1 heterocycles. The quantitative estimate of drug-likeness (QED) is 0.641. The second-order valence-electron chi connectivity index (χ2n) is 6.56. The van der Waals surface area contributed by atoms with Gasteiger partial charge in [-0.15, -0.1) is 0 Å². The monoisotopic (exact) mass is 349 g/mol. The van der Waals surface area contributed by atoms with Gasteiger partial charge in [-0.25, -0.2) is 0 Å². The van der Waals surface area contributed by atoms with Gasteiger partial charge >= 0.3 is 0 Å². The maximum absolute atomic E-state index is 12.5. The number of rotatable bonds is 9. The molecule has 5 heteroatoms.